The van der Waals surface area contributed by atoms with Gasteiger partial charge in [-0.1, -0.05) is 26.6 Å². The monoisotopic (exact) mass is 173 g/mol. The van der Waals surface area contributed by atoms with Gasteiger partial charge in [-0.05, 0) is 6.42 Å². The highest BCUT2D eigenvalue weighted by Gasteiger charge is 2.27. The molecular weight excluding hydrogens is 154 g/mol. The molecular formula is C8H19NOSi. The van der Waals surface area contributed by atoms with E-state index in [9.17, 15) is 5.11 Å². The Morgan fingerprint density at radius 2 is 1.91 bits per heavy atom. The van der Waals surface area contributed by atoms with Gasteiger partial charge in [0.1, 0.15) is 0 Å². The summed E-state index contributed by atoms with van der Waals surface area (Å²) in [6, 6.07) is 0. The van der Waals surface area contributed by atoms with Crippen molar-refractivity contribution in [1.29, 1.82) is 0 Å². The fourth-order valence-corrected chi connectivity index (χ4v) is 2.31. The van der Waals surface area contributed by atoms with Gasteiger partial charge >= 0.3 is 0 Å². The third-order valence-electron chi connectivity index (χ3n) is 1.79. The minimum atomic E-state index is -1.44. The van der Waals surface area contributed by atoms with E-state index in [1.165, 1.54) is 0 Å². The van der Waals surface area contributed by atoms with Crippen LogP contribution in [0.2, 0.25) is 19.6 Å². The Kier molecular flexibility index (Phi) is 3.96. The van der Waals surface area contributed by atoms with Crippen LogP contribution in [0.3, 0.4) is 0 Å². The fraction of sp³-hybridized carbons (Fsp3) is 0.875. The molecule has 66 valence electrons. The first-order valence-corrected chi connectivity index (χ1v) is 7.64. The minimum absolute atomic E-state index is 0.266. The third kappa shape index (κ3) is 3.16. The van der Waals surface area contributed by atoms with Gasteiger partial charge in [-0.3, -0.25) is 4.99 Å². The summed E-state index contributed by atoms with van der Waals surface area (Å²) in [5.41, 5.74) is 0.682. The zero-order chi connectivity index (χ0) is 9.07. The van der Waals surface area contributed by atoms with E-state index in [0.717, 1.165) is 12.1 Å². The first kappa shape index (κ1) is 10.8. The maximum atomic E-state index is 9.78. The van der Waals surface area contributed by atoms with Gasteiger partial charge in [0.2, 0.25) is 0 Å². The number of aliphatic hydroxyl groups excluding tert-OH is 1. The lowest BCUT2D eigenvalue weighted by Gasteiger charge is -2.24. The van der Waals surface area contributed by atoms with Crippen molar-refractivity contribution in [1.82, 2.24) is 0 Å². The van der Waals surface area contributed by atoms with Crippen molar-refractivity contribution in [2.24, 2.45) is 4.99 Å². The summed E-state index contributed by atoms with van der Waals surface area (Å²) in [5.74, 6) is 0. The molecule has 11 heavy (non-hydrogen) atoms. The molecule has 0 aliphatic heterocycles. The molecule has 0 fully saturated rings. The predicted molar refractivity (Wildman–Crippen MR) is 53.0 cm³/mol. The van der Waals surface area contributed by atoms with Gasteiger partial charge in [-0.25, -0.2) is 0 Å². The molecule has 0 bridgehead atoms. The molecule has 1 N–H and O–H groups in total. The SMILES string of the molecule is CCC(=NC)C(O)[Si](C)(C)C. The number of hydrogen-bond acceptors (Lipinski definition) is 2. The third-order valence-corrected chi connectivity index (χ3v) is 3.76. The molecule has 0 heterocycles. The lowest BCUT2D eigenvalue weighted by Crippen LogP contribution is -2.43. The van der Waals surface area contributed by atoms with Crippen LogP contribution in [0.5, 0.6) is 0 Å². The number of nitrogens with zero attached hydrogens (tertiary/aromatic N) is 1. The van der Waals surface area contributed by atoms with Gasteiger partial charge in [0.05, 0.1) is 13.8 Å². The molecule has 0 aliphatic rings. The van der Waals surface area contributed by atoms with Crippen molar-refractivity contribution >= 4 is 13.8 Å². The number of aliphatic imine (C=N–C) groups is 1. The van der Waals surface area contributed by atoms with Crippen LogP contribution in [0.1, 0.15) is 13.3 Å². The molecule has 0 aromatic heterocycles. The molecule has 0 radical (unpaired) electrons. The van der Waals surface area contributed by atoms with Gasteiger partial charge < -0.3 is 5.11 Å². The largest absolute Gasteiger partial charge is 0.391 e. The van der Waals surface area contributed by atoms with Gasteiger partial charge in [-0.15, -0.1) is 0 Å². The highest BCUT2D eigenvalue weighted by atomic mass is 28.3. The average molecular weight is 173 g/mol. The Labute approximate surface area is 70.4 Å². The van der Waals surface area contributed by atoms with Crippen LogP contribution in [0, 0.1) is 0 Å². The van der Waals surface area contributed by atoms with Crippen LogP contribution >= 0.6 is 0 Å². The Morgan fingerprint density at radius 1 is 1.45 bits per heavy atom. The summed E-state index contributed by atoms with van der Waals surface area (Å²) >= 11 is 0. The number of aliphatic hydroxyl groups is 1. The molecule has 0 amide bonds. The standard InChI is InChI=1S/C8H19NOSi/c1-6-7(9-2)8(10)11(3,4)5/h8,10H,6H2,1-5H3. The summed E-state index contributed by atoms with van der Waals surface area (Å²) in [6.45, 7) is 8.49. The molecule has 0 aliphatic carbocycles. The second-order valence-corrected chi connectivity index (χ2v) is 9.12. The molecule has 2 nitrogen and oxygen atoms in total. The second-order valence-electron chi connectivity index (χ2n) is 3.84. The van der Waals surface area contributed by atoms with E-state index >= 15 is 0 Å². The molecule has 1 atom stereocenters. The van der Waals surface area contributed by atoms with Crippen LogP contribution in [-0.4, -0.2) is 31.7 Å². The van der Waals surface area contributed by atoms with Gasteiger partial charge in [-0.2, -0.15) is 0 Å². The van der Waals surface area contributed by atoms with Crippen LogP contribution in [0.25, 0.3) is 0 Å². The van der Waals surface area contributed by atoms with E-state index in [4.69, 9.17) is 0 Å². The number of rotatable bonds is 3. The first-order valence-electron chi connectivity index (χ1n) is 4.07. The zero-order valence-electron chi connectivity index (χ0n) is 8.18. The highest BCUT2D eigenvalue weighted by Crippen LogP contribution is 2.10. The van der Waals surface area contributed by atoms with E-state index < -0.39 is 8.07 Å². The van der Waals surface area contributed by atoms with Crippen molar-refractivity contribution in [3.05, 3.63) is 0 Å². The molecule has 0 rings (SSSR count). The van der Waals surface area contributed by atoms with E-state index in [1.54, 1.807) is 7.05 Å². The number of hydrogen-bond donors (Lipinski definition) is 1. The van der Waals surface area contributed by atoms with Gasteiger partial charge in [0.25, 0.3) is 0 Å². The smallest absolute Gasteiger partial charge is 0.0854 e. The molecule has 0 spiro atoms. The van der Waals surface area contributed by atoms with E-state index in [0.29, 0.717) is 0 Å². The summed E-state index contributed by atoms with van der Waals surface area (Å²) in [7, 11) is 0.311. The Balaban J connectivity index is 4.34. The summed E-state index contributed by atoms with van der Waals surface area (Å²) in [4.78, 5) is 4.07. The van der Waals surface area contributed by atoms with Crippen molar-refractivity contribution in [2.75, 3.05) is 7.05 Å². The van der Waals surface area contributed by atoms with Crippen molar-refractivity contribution < 1.29 is 5.11 Å². The van der Waals surface area contributed by atoms with Crippen molar-refractivity contribution in [3.63, 3.8) is 0 Å². The van der Waals surface area contributed by atoms with Crippen molar-refractivity contribution in [2.45, 2.75) is 38.7 Å². The van der Waals surface area contributed by atoms with Crippen LogP contribution in [0.4, 0.5) is 0 Å². The normalized spacial score (nSPS) is 16.7. The van der Waals surface area contributed by atoms with E-state index in [-0.39, 0.29) is 5.73 Å². The van der Waals surface area contributed by atoms with Crippen LogP contribution in [-0.2, 0) is 0 Å². The molecule has 0 saturated heterocycles. The quantitative estimate of drug-likeness (QED) is 0.511. The van der Waals surface area contributed by atoms with Gasteiger partial charge in [0.15, 0.2) is 0 Å². The lowest BCUT2D eigenvalue weighted by atomic mass is 10.3. The maximum absolute atomic E-state index is 9.78. The van der Waals surface area contributed by atoms with E-state index in [1.807, 2.05) is 6.92 Å². The zero-order valence-corrected chi connectivity index (χ0v) is 9.18. The summed E-state index contributed by atoms with van der Waals surface area (Å²) < 4.78 is 0. The van der Waals surface area contributed by atoms with Crippen LogP contribution < -0.4 is 0 Å². The van der Waals surface area contributed by atoms with Crippen molar-refractivity contribution in [3.8, 4) is 0 Å². The lowest BCUT2D eigenvalue weighted by molar-refractivity contribution is 0.305. The Hall–Kier alpha value is -0.153. The fourth-order valence-electron chi connectivity index (χ4n) is 0.974. The highest BCUT2D eigenvalue weighted by molar-refractivity contribution is 6.80. The summed E-state index contributed by atoms with van der Waals surface area (Å²) in [5, 5.41) is 9.78. The Morgan fingerprint density at radius 3 is 2.00 bits per heavy atom. The first-order chi connectivity index (χ1) is 4.93. The molecule has 0 aromatic rings. The van der Waals surface area contributed by atoms with Crippen LogP contribution in [0.15, 0.2) is 4.99 Å². The Bertz CT molecular complexity index is 149. The molecule has 1 unspecified atom stereocenters. The predicted octanol–water partition coefficient (Wildman–Crippen LogP) is 1.71. The molecule has 0 aromatic carbocycles. The molecule has 3 heteroatoms. The van der Waals surface area contributed by atoms with E-state index in [2.05, 4.69) is 24.6 Å². The minimum Gasteiger partial charge on any atom is -0.391 e. The summed E-state index contributed by atoms with van der Waals surface area (Å²) in [6.07, 6.45) is 0.863. The van der Waals surface area contributed by atoms with Gasteiger partial charge in [0, 0.05) is 12.8 Å². The average Bonchev–Trinajstić information content (AvgIpc) is 1.88. The maximum Gasteiger partial charge on any atom is 0.0854 e. The molecule has 0 saturated carbocycles. The topological polar surface area (TPSA) is 32.6 Å². The second kappa shape index (κ2) is 4.02.